The van der Waals surface area contributed by atoms with Crippen LogP contribution in [0.2, 0.25) is 0 Å². The Kier molecular flexibility index (Phi) is 4.95. The van der Waals surface area contributed by atoms with Gasteiger partial charge in [0.25, 0.3) is 5.69 Å². The molecule has 24 heavy (non-hydrogen) atoms. The second-order valence-electron chi connectivity index (χ2n) is 6.79. The molecule has 1 aliphatic heterocycles. The zero-order valence-corrected chi connectivity index (χ0v) is 15.2. The summed E-state index contributed by atoms with van der Waals surface area (Å²) in [5.41, 5.74) is 5.77. The van der Waals surface area contributed by atoms with Crippen molar-refractivity contribution in [1.29, 1.82) is 0 Å². The maximum absolute atomic E-state index is 11.4. The van der Waals surface area contributed by atoms with Crippen LogP contribution in [-0.4, -0.2) is 35.0 Å². The first-order chi connectivity index (χ1) is 11.0. The van der Waals surface area contributed by atoms with Gasteiger partial charge in [0, 0.05) is 6.07 Å². The van der Waals surface area contributed by atoms with Gasteiger partial charge in [-0.1, -0.05) is 6.07 Å². The number of hydrogen-bond donors (Lipinski definition) is 1. The molecule has 1 fully saturated rings. The van der Waals surface area contributed by atoms with Crippen LogP contribution in [0.1, 0.15) is 33.3 Å². The molecule has 1 aromatic carbocycles. The van der Waals surface area contributed by atoms with Crippen molar-refractivity contribution < 1.29 is 14.2 Å². The van der Waals surface area contributed by atoms with Crippen LogP contribution in [0, 0.1) is 17.0 Å². The number of aryl methyl sites for hydroxylation is 1. The third kappa shape index (κ3) is 3.40. The molecule has 1 aliphatic rings. The molecule has 0 radical (unpaired) electrons. The molecule has 0 unspecified atom stereocenters. The largest absolute Gasteiger partial charge is 0.495 e. The lowest BCUT2D eigenvalue weighted by atomic mass is 9.78. The van der Waals surface area contributed by atoms with Gasteiger partial charge in [0.05, 0.1) is 22.0 Å². The van der Waals surface area contributed by atoms with Gasteiger partial charge < -0.3 is 15.0 Å². The minimum atomic E-state index is -0.684. The quantitative estimate of drug-likeness (QED) is 0.224. The van der Waals surface area contributed by atoms with E-state index in [4.69, 9.17) is 26.6 Å². The summed E-state index contributed by atoms with van der Waals surface area (Å²) in [6.07, 6.45) is 0. The van der Waals surface area contributed by atoms with Crippen LogP contribution >= 0.6 is 11.6 Å². The summed E-state index contributed by atoms with van der Waals surface area (Å²) in [6, 6.07) is 3.17. The molecule has 2 rings (SSSR count). The molecular formula is C15H21BClN3O4. The van der Waals surface area contributed by atoms with Crippen molar-refractivity contribution in [2.75, 3.05) is 5.88 Å². The highest BCUT2D eigenvalue weighted by Gasteiger charge is 2.52. The summed E-state index contributed by atoms with van der Waals surface area (Å²) >= 11 is 5.62. The van der Waals surface area contributed by atoms with Crippen molar-refractivity contribution in [3.05, 3.63) is 27.8 Å². The van der Waals surface area contributed by atoms with E-state index in [-0.39, 0.29) is 23.1 Å². The Hall–Kier alpha value is -1.64. The predicted molar refractivity (Wildman–Crippen MR) is 95.6 cm³/mol. The highest BCUT2D eigenvalue weighted by molar-refractivity contribution is 6.62. The number of hydrogen-bond acceptors (Lipinski definition) is 5. The van der Waals surface area contributed by atoms with Crippen LogP contribution in [0.3, 0.4) is 0 Å². The number of aliphatic imine (C=N–C) groups is 1. The molecular weight excluding hydrogens is 332 g/mol. The summed E-state index contributed by atoms with van der Waals surface area (Å²) in [5, 5.41) is 11.4. The van der Waals surface area contributed by atoms with Gasteiger partial charge in [0.1, 0.15) is 11.5 Å². The smallest absolute Gasteiger partial charge is 0.399 e. The maximum Gasteiger partial charge on any atom is 0.495 e. The van der Waals surface area contributed by atoms with E-state index in [0.29, 0.717) is 11.0 Å². The number of nitro groups is 1. The second-order valence-corrected chi connectivity index (χ2v) is 7.05. The molecule has 9 heteroatoms. The van der Waals surface area contributed by atoms with Gasteiger partial charge in [-0.25, -0.2) is 4.99 Å². The van der Waals surface area contributed by atoms with E-state index in [0.717, 1.165) is 0 Å². The lowest BCUT2D eigenvalue weighted by molar-refractivity contribution is -0.384. The Morgan fingerprint density at radius 2 is 1.88 bits per heavy atom. The van der Waals surface area contributed by atoms with E-state index in [9.17, 15) is 10.1 Å². The first kappa shape index (κ1) is 18.7. The Morgan fingerprint density at radius 3 is 2.33 bits per heavy atom. The Labute approximate surface area is 146 Å². The van der Waals surface area contributed by atoms with Crippen molar-refractivity contribution >= 4 is 41.4 Å². The van der Waals surface area contributed by atoms with E-state index in [1.54, 1.807) is 13.0 Å². The number of nitrogens with zero attached hydrogens (tertiary/aromatic N) is 2. The zero-order chi connectivity index (χ0) is 18.3. The lowest BCUT2D eigenvalue weighted by Crippen LogP contribution is -2.41. The van der Waals surface area contributed by atoms with Crippen molar-refractivity contribution in [2.24, 2.45) is 10.7 Å². The zero-order valence-electron chi connectivity index (χ0n) is 14.4. The minimum Gasteiger partial charge on any atom is -0.399 e. The van der Waals surface area contributed by atoms with E-state index in [1.165, 1.54) is 6.07 Å². The van der Waals surface area contributed by atoms with Gasteiger partial charge in [-0.05, 0) is 45.6 Å². The van der Waals surface area contributed by atoms with E-state index < -0.39 is 23.2 Å². The summed E-state index contributed by atoms with van der Waals surface area (Å²) in [6.45, 7) is 9.42. The predicted octanol–water partition coefficient (Wildman–Crippen LogP) is 2.43. The Bertz CT molecular complexity index is 690. The van der Waals surface area contributed by atoms with Gasteiger partial charge in [-0.15, -0.1) is 11.6 Å². The summed E-state index contributed by atoms with van der Waals surface area (Å²) < 4.78 is 11.9. The van der Waals surface area contributed by atoms with Crippen LogP contribution in [0.15, 0.2) is 17.1 Å². The Balaban J connectivity index is 2.50. The average Bonchev–Trinajstić information content (AvgIpc) is 2.68. The van der Waals surface area contributed by atoms with Gasteiger partial charge in [0.2, 0.25) is 0 Å². The molecule has 130 valence electrons. The molecule has 0 spiro atoms. The van der Waals surface area contributed by atoms with Crippen LogP contribution < -0.4 is 11.2 Å². The van der Waals surface area contributed by atoms with Gasteiger partial charge in [-0.2, -0.15) is 0 Å². The highest BCUT2D eigenvalue weighted by Crippen LogP contribution is 2.37. The van der Waals surface area contributed by atoms with Crippen LogP contribution in [0.5, 0.6) is 0 Å². The number of nitro benzene ring substituents is 1. The van der Waals surface area contributed by atoms with Crippen molar-refractivity contribution in [3.63, 3.8) is 0 Å². The third-order valence-electron chi connectivity index (χ3n) is 4.42. The molecule has 1 heterocycles. The molecule has 0 atom stereocenters. The minimum absolute atomic E-state index is 0.00439. The number of rotatable bonds is 4. The number of amidine groups is 1. The molecule has 1 saturated heterocycles. The maximum atomic E-state index is 11.4. The number of alkyl halides is 1. The standard InChI is InChI=1S/C15H21BClN3O4/c1-9-6-10(16-23-14(2,3)15(4,5)24-16)7-11(20(21)22)13(9)19-12(18)8-17/h6-7H,8H2,1-5H3,(H2,18,19). The molecule has 0 amide bonds. The van der Waals surface area contributed by atoms with Crippen LogP contribution in [0.25, 0.3) is 0 Å². The average molecular weight is 354 g/mol. The molecule has 0 saturated carbocycles. The lowest BCUT2D eigenvalue weighted by Gasteiger charge is -2.32. The van der Waals surface area contributed by atoms with Crippen molar-refractivity contribution in [2.45, 2.75) is 45.8 Å². The molecule has 0 bridgehead atoms. The first-order valence-electron chi connectivity index (χ1n) is 7.52. The number of halogens is 1. The van der Waals surface area contributed by atoms with Gasteiger partial charge in [0.15, 0.2) is 0 Å². The molecule has 0 aromatic heterocycles. The Morgan fingerprint density at radius 1 is 1.33 bits per heavy atom. The highest BCUT2D eigenvalue weighted by atomic mass is 35.5. The fraction of sp³-hybridized carbons (Fsp3) is 0.533. The molecule has 2 N–H and O–H groups in total. The molecule has 1 aromatic rings. The van der Waals surface area contributed by atoms with E-state index in [2.05, 4.69) is 4.99 Å². The number of benzene rings is 1. The fourth-order valence-electron chi connectivity index (χ4n) is 2.36. The molecule has 7 nitrogen and oxygen atoms in total. The van der Waals surface area contributed by atoms with Crippen LogP contribution in [-0.2, 0) is 9.31 Å². The normalized spacial score (nSPS) is 19.6. The summed E-state index contributed by atoms with van der Waals surface area (Å²) in [5.74, 6) is 0.113. The van der Waals surface area contributed by atoms with Gasteiger partial charge >= 0.3 is 7.12 Å². The van der Waals surface area contributed by atoms with Crippen molar-refractivity contribution in [3.8, 4) is 0 Å². The van der Waals surface area contributed by atoms with E-state index >= 15 is 0 Å². The third-order valence-corrected chi connectivity index (χ3v) is 4.69. The first-order valence-corrected chi connectivity index (χ1v) is 8.05. The van der Waals surface area contributed by atoms with E-state index in [1.807, 2.05) is 27.7 Å². The number of nitrogens with two attached hydrogens (primary N) is 1. The van der Waals surface area contributed by atoms with Gasteiger partial charge in [-0.3, -0.25) is 10.1 Å². The monoisotopic (exact) mass is 353 g/mol. The summed E-state index contributed by atoms with van der Waals surface area (Å²) in [7, 11) is -0.684. The van der Waals surface area contributed by atoms with Crippen molar-refractivity contribution in [1.82, 2.24) is 0 Å². The second kappa shape index (κ2) is 6.35. The molecule has 0 aliphatic carbocycles. The topological polar surface area (TPSA) is 100.0 Å². The SMILES string of the molecule is Cc1cc(B2OC(C)(C)C(C)(C)O2)cc([N+](=O)[O-])c1N=C(N)CCl. The van der Waals surface area contributed by atoms with Crippen LogP contribution in [0.4, 0.5) is 11.4 Å². The fourth-order valence-corrected chi connectivity index (χ4v) is 2.42. The summed E-state index contributed by atoms with van der Waals surface area (Å²) in [4.78, 5) is 15.0.